The third kappa shape index (κ3) is 4.28. The third-order valence-electron chi connectivity index (χ3n) is 5.71. The van der Waals surface area contributed by atoms with Gasteiger partial charge in [0.25, 0.3) is 5.56 Å². The number of nitrogens with zero attached hydrogens (tertiary/aromatic N) is 2. The second kappa shape index (κ2) is 8.83. The molecule has 0 N–H and O–H groups in total. The van der Waals surface area contributed by atoms with Crippen molar-refractivity contribution in [1.29, 1.82) is 0 Å². The van der Waals surface area contributed by atoms with Gasteiger partial charge in [0.15, 0.2) is 9.84 Å². The van der Waals surface area contributed by atoms with Crippen LogP contribution in [-0.4, -0.2) is 30.3 Å². The van der Waals surface area contributed by atoms with Crippen LogP contribution in [0.5, 0.6) is 5.75 Å². The summed E-state index contributed by atoms with van der Waals surface area (Å²) < 4.78 is 32.6. The van der Waals surface area contributed by atoms with Crippen LogP contribution in [0.1, 0.15) is 19.5 Å². The van der Waals surface area contributed by atoms with E-state index in [9.17, 15) is 13.2 Å². The predicted octanol–water partition coefficient (Wildman–Crippen LogP) is 4.77. The lowest BCUT2D eigenvalue weighted by atomic mass is 9.96. The van der Waals surface area contributed by atoms with Gasteiger partial charge in [0, 0.05) is 47.2 Å². The number of fused-ring (bicyclic) bond motifs is 1. The topological polar surface area (TPSA) is 78.3 Å². The maximum absolute atomic E-state index is 12.9. The average Bonchev–Trinajstić information content (AvgIpc) is 2.82. The van der Waals surface area contributed by atoms with Gasteiger partial charge >= 0.3 is 0 Å². The summed E-state index contributed by atoms with van der Waals surface area (Å²) in [5.41, 5.74) is 4.00. The molecule has 0 amide bonds. The molecule has 0 unspecified atom stereocenters. The van der Waals surface area contributed by atoms with Crippen molar-refractivity contribution in [3.05, 3.63) is 77.0 Å². The second-order valence-corrected chi connectivity index (χ2v) is 10.2. The molecule has 2 aromatic carbocycles. The molecule has 0 radical (unpaired) electrons. The normalized spacial score (nSPS) is 11.6. The minimum absolute atomic E-state index is 0.000975. The Morgan fingerprint density at radius 1 is 0.939 bits per heavy atom. The quantitative estimate of drug-likeness (QED) is 0.413. The van der Waals surface area contributed by atoms with E-state index in [-0.39, 0.29) is 16.2 Å². The molecule has 0 saturated carbocycles. The molecule has 2 aromatic heterocycles. The van der Waals surface area contributed by atoms with Crippen molar-refractivity contribution in [3.8, 4) is 28.0 Å². The molecule has 0 fully saturated rings. The van der Waals surface area contributed by atoms with E-state index in [1.165, 1.54) is 4.57 Å². The number of aromatic nitrogens is 2. The molecule has 7 heteroatoms. The maximum Gasteiger partial charge on any atom is 0.258 e. The summed E-state index contributed by atoms with van der Waals surface area (Å²) in [6.07, 6.45) is 3.54. The van der Waals surface area contributed by atoms with Crippen LogP contribution in [0.25, 0.3) is 33.0 Å². The lowest BCUT2D eigenvalue weighted by Crippen LogP contribution is -2.16. The maximum atomic E-state index is 12.9. The second-order valence-electron chi connectivity index (χ2n) is 7.90. The molecule has 0 saturated heterocycles. The summed E-state index contributed by atoms with van der Waals surface area (Å²) in [6, 6.07) is 14.5. The molecule has 0 aliphatic carbocycles. The fourth-order valence-corrected chi connectivity index (χ4v) is 4.77. The summed E-state index contributed by atoms with van der Waals surface area (Å²) in [5, 5.41) is 1.27. The highest BCUT2D eigenvalue weighted by molar-refractivity contribution is 7.91. The van der Waals surface area contributed by atoms with E-state index in [0.717, 1.165) is 27.8 Å². The standard InChI is InChI=1S/C26H26N2O4S/c1-5-32-25-12-10-20(33(30,31)6-2)14-23(25)24-16-28(4)26(29)21-11-9-18(13-22(21)24)19-8-7-17(3)27-15-19/h7-16H,5-6H2,1-4H3. The van der Waals surface area contributed by atoms with Crippen molar-refractivity contribution >= 4 is 20.6 Å². The Morgan fingerprint density at radius 3 is 2.36 bits per heavy atom. The molecule has 0 aliphatic heterocycles. The van der Waals surface area contributed by atoms with Gasteiger partial charge in [-0.25, -0.2) is 8.42 Å². The first-order valence-electron chi connectivity index (χ1n) is 10.8. The summed E-state index contributed by atoms with van der Waals surface area (Å²) in [6.45, 7) is 5.85. The predicted molar refractivity (Wildman–Crippen MR) is 131 cm³/mol. The van der Waals surface area contributed by atoms with Gasteiger partial charge in [0.2, 0.25) is 0 Å². The number of hydrogen-bond acceptors (Lipinski definition) is 5. The zero-order valence-corrected chi connectivity index (χ0v) is 19.9. The summed E-state index contributed by atoms with van der Waals surface area (Å²) in [5.74, 6) is 0.564. The summed E-state index contributed by atoms with van der Waals surface area (Å²) in [4.78, 5) is 17.5. The van der Waals surface area contributed by atoms with E-state index in [4.69, 9.17) is 4.74 Å². The number of benzene rings is 2. The van der Waals surface area contributed by atoms with Crippen LogP contribution < -0.4 is 10.3 Å². The third-order valence-corrected chi connectivity index (χ3v) is 7.44. The molecule has 4 aromatic rings. The number of ether oxygens (including phenoxy) is 1. The Morgan fingerprint density at radius 2 is 1.70 bits per heavy atom. The molecule has 6 nitrogen and oxygen atoms in total. The van der Waals surface area contributed by atoms with E-state index >= 15 is 0 Å². The number of hydrogen-bond donors (Lipinski definition) is 0. The highest BCUT2D eigenvalue weighted by Crippen LogP contribution is 2.37. The van der Waals surface area contributed by atoms with Crippen LogP contribution >= 0.6 is 0 Å². The minimum Gasteiger partial charge on any atom is -0.493 e. The fraction of sp³-hybridized carbons (Fsp3) is 0.231. The zero-order chi connectivity index (χ0) is 23.8. The van der Waals surface area contributed by atoms with Crippen molar-refractivity contribution in [3.63, 3.8) is 0 Å². The fourth-order valence-electron chi connectivity index (χ4n) is 3.86. The Hall–Kier alpha value is -3.45. The Balaban J connectivity index is 2.05. The Kier molecular flexibility index (Phi) is 6.08. The molecular weight excluding hydrogens is 436 g/mol. The lowest BCUT2D eigenvalue weighted by molar-refractivity contribution is 0.341. The molecule has 4 rings (SSSR count). The summed E-state index contributed by atoms with van der Waals surface area (Å²) >= 11 is 0. The largest absolute Gasteiger partial charge is 0.493 e. The lowest BCUT2D eigenvalue weighted by Gasteiger charge is -2.16. The van der Waals surface area contributed by atoms with Crippen molar-refractivity contribution in [1.82, 2.24) is 9.55 Å². The van der Waals surface area contributed by atoms with Crippen LogP contribution in [-0.2, 0) is 16.9 Å². The van der Waals surface area contributed by atoms with Gasteiger partial charge in [-0.05, 0) is 61.2 Å². The van der Waals surface area contributed by atoms with Crippen molar-refractivity contribution in [2.45, 2.75) is 25.7 Å². The van der Waals surface area contributed by atoms with E-state index in [2.05, 4.69) is 4.98 Å². The first-order chi connectivity index (χ1) is 15.7. The van der Waals surface area contributed by atoms with Crippen LogP contribution in [0.3, 0.4) is 0 Å². The molecule has 0 aliphatic rings. The molecule has 170 valence electrons. The van der Waals surface area contributed by atoms with E-state index in [0.29, 0.717) is 23.3 Å². The highest BCUT2D eigenvalue weighted by atomic mass is 32.2. The van der Waals surface area contributed by atoms with Gasteiger partial charge in [-0.2, -0.15) is 0 Å². The van der Waals surface area contributed by atoms with Crippen LogP contribution in [0.4, 0.5) is 0 Å². The highest BCUT2D eigenvalue weighted by Gasteiger charge is 2.19. The Labute approximate surface area is 193 Å². The van der Waals surface area contributed by atoms with Gasteiger partial charge < -0.3 is 9.30 Å². The van der Waals surface area contributed by atoms with Gasteiger partial charge in [-0.15, -0.1) is 0 Å². The van der Waals surface area contributed by atoms with E-state index in [1.807, 2.05) is 44.2 Å². The van der Waals surface area contributed by atoms with Crippen LogP contribution in [0.15, 0.2) is 70.6 Å². The van der Waals surface area contributed by atoms with Gasteiger partial charge in [0.05, 0.1) is 17.3 Å². The summed E-state index contributed by atoms with van der Waals surface area (Å²) in [7, 11) is -1.73. The van der Waals surface area contributed by atoms with Crippen LogP contribution in [0, 0.1) is 6.92 Å². The number of pyridine rings is 2. The van der Waals surface area contributed by atoms with Crippen molar-refractivity contribution in [2.75, 3.05) is 12.4 Å². The van der Waals surface area contributed by atoms with E-state index < -0.39 is 9.84 Å². The van der Waals surface area contributed by atoms with Gasteiger partial charge in [-0.1, -0.05) is 19.1 Å². The van der Waals surface area contributed by atoms with Crippen molar-refractivity contribution in [2.24, 2.45) is 7.05 Å². The Bertz CT molecular complexity index is 1500. The molecule has 0 spiro atoms. The molecule has 33 heavy (non-hydrogen) atoms. The molecular formula is C26H26N2O4S. The number of rotatable bonds is 6. The first-order valence-corrected chi connectivity index (χ1v) is 12.5. The minimum atomic E-state index is -3.42. The molecule has 2 heterocycles. The average molecular weight is 463 g/mol. The van der Waals surface area contributed by atoms with Gasteiger partial charge in [0.1, 0.15) is 5.75 Å². The van der Waals surface area contributed by atoms with Gasteiger partial charge in [-0.3, -0.25) is 9.78 Å². The van der Waals surface area contributed by atoms with Crippen molar-refractivity contribution < 1.29 is 13.2 Å². The monoisotopic (exact) mass is 462 g/mol. The number of sulfone groups is 1. The SMILES string of the molecule is CCOc1ccc(S(=O)(=O)CC)cc1-c1cn(C)c(=O)c2ccc(-c3ccc(C)nc3)cc12. The van der Waals surface area contributed by atoms with E-state index in [1.54, 1.807) is 44.6 Å². The zero-order valence-electron chi connectivity index (χ0n) is 19.1. The molecule has 0 bridgehead atoms. The smallest absolute Gasteiger partial charge is 0.258 e. The van der Waals surface area contributed by atoms with Crippen LogP contribution in [0.2, 0.25) is 0 Å². The number of aryl methyl sites for hydroxylation is 2. The molecule has 0 atom stereocenters. The first kappa shape index (κ1) is 22.7.